The number of thiazole rings is 1. The van der Waals surface area contributed by atoms with Gasteiger partial charge in [-0.25, -0.2) is 14.8 Å². The second kappa shape index (κ2) is 15.6. The number of ether oxygens (including phenoxy) is 3. The summed E-state index contributed by atoms with van der Waals surface area (Å²) in [6.45, 7) is 6.77. The highest BCUT2D eigenvalue weighted by atomic mass is 32.1. The van der Waals surface area contributed by atoms with Gasteiger partial charge in [-0.1, -0.05) is 11.3 Å². The number of methoxy groups -OCH3 is 2. The van der Waals surface area contributed by atoms with E-state index in [2.05, 4.69) is 15.3 Å². The van der Waals surface area contributed by atoms with Gasteiger partial charge in [0.15, 0.2) is 10.9 Å². The number of amides is 2. The number of aliphatic hydroxyl groups is 1. The van der Waals surface area contributed by atoms with Crippen molar-refractivity contribution >= 4 is 53.4 Å². The number of nitrogens with one attached hydrogen (secondary N) is 1. The molecule has 0 radical (unpaired) electrons. The molecule has 246 valence electrons. The molecule has 0 spiro atoms. The molecular weight excluding hydrogens is 628 g/mol. The highest BCUT2D eigenvalue weighted by Crippen LogP contribution is 2.36. The predicted molar refractivity (Wildman–Crippen MR) is 169 cm³/mol. The van der Waals surface area contributed by atoms with Crippen LogP contribution in [0.25, 0.3) is 5.76 Å². The molecule has 2 aromatic heterocycles. The molecule has 1 aliphatic rings. The molecular formula is C30H34BF3N4O7S. The number of ketones is 1. The van der Waals surface area contributed by atoms with Crippen molar-refractivity contribution in [3.63, 3.8) is 0 Å². The molecule has 2 heterocycles. The van der Waals surface area contributed by atoms with E-state index < -0.39 is 19.2 Å². The maximum atomic E-state index is 13.5. The Morgan fingerprint density at radius 3 is 2.35 bits per heavy atom. The van der Waals surface area contributed by atoms with Crippen molar-refractivity contribution in [2.24, 2.45) is 0 Å². The molecule has 1 aromatic carbocycles. The summed E-state index contributed by atoms with van der Waals surface area (Å²) in [7, 11) is -0.583. The molecule has 3 aromatic rings. The minimum Gasteiger partial charge on any atom is -0.506 e. The number of aryl methyl sites for hydroxylation is 1. The monoisotopic (exact) mass is 662 g/mol. The van der Waals surface area contributed by atoms with Gasteiger partial charge < -0.3 is 24.6 Å². The van der Waals surface area contributed by atoms with Gasteiger partial charge in [0.1, 0.15) is 28.7 Å². The number of hydrogen-bond donors (Lipinski definition) is 2. The number of anilines is 2. The summed E-state index contributed by atoms with van der Waals surface area (Å²) in [4.78, 5) is 48.9. The van der Waals surface area contributed by atoms with Crippen LogP contribution < -0.4 is 19.7 Å². The van der Waals surface area contributed by atoms with Crippen molar-refractivity contribution in [3.8, 4) is 11.5 Å². The second-order valence-corrected chi connectivity index (χ2v) is 11.9. The van der Waals surface area contributed by atoms with Crippen LogP contribution in [0.5, 0.6) is 11.5 Å². The number of benzene rings is 1. The number of aromatic nitrogens is 2. The first-order valence-electron chi connectivity index (χ1n) is 14.0. The van der Waals surface area contributed by atoms with E-state index in [0.717, 1.165) is 11.3 Å². The Labute approximate surface area is 268 Å². The molecule has 0 saturated carbocycles. The minimum absolute atomic E-state index is 0.0824. The Bertz CT molecular complexity index is 1590. The van der Waals surface area contributed by atoms with E-state index in [1.165, 1.54) is 25.1 Å². The Morgan fingerprint density at radius 2 is 1.78 bits per heavy atom. The molecule has 0 atom stereocenters. The van der Waals surface area contributed by atoms with Crippen LogP contribution in [0.3, 0.4) is 0 Å². The summed E-state index contributed by atoms with van der Waals surface area (Å²) in [5.41, 5.74) is 1.07. The lowest BCUT2D eigenvalue weighted by Crippen LogP contribution is -2.37. The van der Waals surface area contributed by atoms with Crippen LogP contribution >= 0.6 is 11.3 Å². The third-order valence-corrected chi connectivity index (χ3v) is 7.34. The SMILES string of the molecule is COc1ccc(CN(C(=O)OC(C)(C)C)c2ccc(C(=O)C3=C(O)c4sc(NC(C)=O)nc4CCC3)cn2)c(OC)c1.FB(F)F. The first-order chi connectivity index (χ1) is 21.6. The first-order valence-corrected chi connectivity index (χ1v) is 14.8. The van der Waals surface area contributed by atoms with Crippen LogP contribution in [-0.4, -0.2) is 60.2 Å². The first kappa shape index (κ1) is 35.9. The molecule has 46 heavy (non-hydrogen) atoms. The van der Waals surface area contributed by atoms with Crippen LogP contribution in [0, 0.1) is 0 Å². The molecule has 16 heteroatoms. The number of pyridine rings is 1. The number of allylic oxidation sites excluding steroid dienone is 1. The number of carbonyl (C=O) groups excluding carboxylic acids is 3. The fourth-order valence-corrected chi connectivity index (χ4v) is 5.41. The lowest BCUT2D eigenvalue weighted by atomic mass is 10.00. The van der Waals surface area contributed by atoms with Gasteiger partial charge in [-0.15, -0.1) is 0 Å². The molecule has 0 fully saturated rings. The normalized spacial score (nSPS) is 12.5. The molecule has 1 aliphatic carbocycles. The average molecular weight is 662 g/mol. The maximum Gasteiger partial charge on any atom is 0.762 e. The number of carbonyl (C=O) groups is 3. The van der Waals surface area contributed by atoms with Crippen molar-refractivity contribution in [2.75, 3.05) is 24.4 Å². The van der Waals surface area contributed by atoms with Gasteiger partial charge in [0.05, 0.1) is 31.3 Å². The van der Waals surface area contributed by atoms with Crippen LogP contribution in [-0.2, 0) is 22.5 Å². The average Bonchev–Trinajstić information content (AvgIpc) is 3.31. The minimum atomic E-state index is -3.67. The van der Waals surface area contributed by atoms with E-state index in [4.69, 9.17) is 14.2 Å². The maximum absolute atomic E-state index is 13.5. The third kappa shape index (κ3) is 9.70. The zero-order valence-electron chi connectivity index (χ0n) is 26.2. The van der Waals surface area contributed by atoms with E-state index in [9.17, 15) is 32.4 Å². The number of aliphatic hydroxyl groups excluding tert-OH is 1. The molecule has 0 aliphatic heterocycles. The largest absolute Gasteiger partial charge is 0.762 e. The number of halogens is 3. The van der Waals surface area contributed by atoms with Gasteiger partial charge in [-0.2, -0.15) is 0 Å². The van der Waals surface area contributed by atoms with E-state index >= 15 is 0 Å². The van der Waals surface area contributed by atoms with Crippen molar-refractivity contribution in [3.05, 3.63) is 63.8 Å². The Kier molecular flexibility index (Phi) is 12.2. The lowest BCUT2D eigenvalue weighted by molar-refractivity contribution is -0.114. The smallest absolute Gasteiger partial charge is 0.506 e. The number of hydrogen-bond acceptors (Lipinski definition) is 10. The van der Waals surface area contributed by atoms with Gasteiger partial charge in [0.25, 0.3) is 0 Å². The third-order valence-electron chi connectivity index (χ3n) is 6.32. The summed E-state index contributed by atoms with van der Waals surface area (Å²) in [6, 6.07) is 8.40. The highest BCUT2D eigenvalue weighted by Gasteiger charge is 2.28. The zero-order chi connectivity index (χ0) is 34.2. The van der Waals surface area contributed by atoms with Crippen molar-refractivity contribution in [1.82, 2.24) is 9.97 Å². The fraction of sp³-hybridized carbons (Fsp3) is 0.367. The second-order valence-electron chi connectivity index (χ2n) is 10.9. The quantitative estimate of drug-likeness (QED) is 0.196. The molecule has 0 saturated heterocycles. The number of rotatable bonds is 8. The number of fused-ring (bicyclic) bond motifs is 1. The summed E-state index contributed by atoms with van der Waals surface area (Å²) < 4.78 is 45.4. The van der Waals surface area contributed by atoms with Crippen molar-refractivity contribution in [2.45, 2.75) is 59.1 Å². The fourth-order valence-electron chi connectivity index (χ4n) is 4.38. The summed E-state index contributed by atoms with van der Waals surface area (Å²) in [5, 5.41) is 14.1. The molecule has 11 nitrogen and oxygen atoms in total. The Hall–Kier alpha value is -4.60. The summed E-state index contributed by atoms with van der Waals surface area (Å²) in [6.07, 6.45) is 2.27. The zero-order valence-corrected chi connectivity index (χ0v) is 27.0. The predicted octanol–water partition coefficient (Wildman–Crippen LogP) is 6.82. The van der Waals surface area contributed by atoms with E-state index in [-0.39, 0.29) is 40.9 Å². The summed E-state index contributed by atoms with van der Waals surface area (Å²) in [5.74, 6) is 0.600. The topological polar surface area (TPSA) is 140 Å². The Balaban J connectivity index is 0.00000136. The number of Topliss-reactive ketones (excluding diaryl/α,β-unsaturated/α-hetero) is 1. The molecule has 2 N–H and O–H groups in total. The van der Waals surface area contributed by atoms with E-state index in [1.54, 1.807) is 58.2 Å². The standard InChI is InChI=1S/C30H34N4O7S.BF3/c1-17(35)32-28-33-22-9-7-8-21(26(37)27(22)42-28)25(36)18-11-13-24(31-15-18)34(29(38)41-30(2,3)4)16-19-10-12-20(39-5)14-23(19)40-6;2-1(3)4/h10-15,37H,7-9,16H2,1-6H3,(H,32,33,35);. The van der Waals surface area contributed by atoms with Crippen LogP contribution in [0.2, 0.25) is 0 Å². The molecule has 0 bridgehead atoms. The van der Waals surface area contributed by atoms with Gasteiger partial charge in [0, 0.05) is 35.9 Å². The van der Waals surface area contributed by atoms with Crippen LogP contribution in [0.15, 0.2) is 42.1 Å². The molecule has 0 unspecified atom stereocenters. The van der Waals surface area contributed by atoms with Gasteiger partial charge in [-0.05, 0) is 64.3 Å². The van der Waals surface area contributed by atoms with Gasteiger partial charge >= 0.3 is 13.6 Å². The lowest BCUT2D eigenvalue weighted by Gasteiger charge is -2.27. The van der Waals surface area contributed by atoms with E-state index in [1.807, 2.05) is 0 Å². The van der Waals surface area contributed by atoms with Gasteiger partial charge in [0.2, 0.25) is 5.91 Å². The Morgan fingerprint density at radius 1 is 1.09 bits per heavy atom. The van der Waals surface area contributed by atoms with E-state index in [0.29, 0.717) is 52.0 Å². The van der Waals surface area contributed by atoms with Gasteiger partial charge in [-0.3, -0.25) is 27.4 Å². The molecule has 4 rings (SSSR count). The van der Waals surface area contributed by atoms with Crippen LogP contribution in [0.4, 0.5) is 28.7 Å². The summed E-state index contributed by atoms with van der Waals surface area (Å²) >= 11 is 1.13. The van der Waals surface area contributed by atoms with Crippen molar-refractivity contribution < 1.29 is 46.6 Å². The van der Waals surface area contributed by atoms with Crippen molar-refractivity contribution in [1.29, 1.82) is 0 Å². The van der Waals surface area contributed by atoms with Crippen LogP contribution in [0.1, 0.15) is 67.0 Å². The molecule has 2 amide bonds. The number of nitrogens with zero attached hydrogens (tertiary/aromatic N) is 3. The highest BCUT2D eigenvalue weighted by molar-refractivity contribution is 7.16.